The number of carbonyl (C=O) groups is 1. The van der Waals surface area contributed by atoms with Crippen LogP contribution in [0.2, 0.25) is 0 Å². The third-order valence-corrected chi connectivity index (χ3v) is 3.85. The third-order valence-electron chi connectivity index (χ3n) is 3.85. The second-order valence-corrected chi connectivity index (χ2v) is 5.95. The Morgan fingerprint density at radius 1 is 1.32 bits per heavy atom. The molecule has 0 bridgehead atoms. The molecule has 22 heavy (non-hydrogen) atoms. The van der Waals surface area contributed by atoms with Gasteiger partial charge in [-0.05, 0) is 44.9 Å². The smallest absolute Gasteiger partial charge is 0.254 e. The van der Waals surface area contributed by atoms with Gasteiger partial charge in [-0.2, -0.15) is 0 Å². The standard InChI is InChI=1S/C17H22F2N2O/c1-12(2)5-8-21-9-6-14(7-10-21)20-17(22)15-11-13(18)3-4-16(15)19/h3-5,11,14H,6-10H2,1-2H3,(H,20,22). The number of halogens is 2. The predicted octanol–water partition coefficient (Wildman–Crippen LogP) is 3.13. The van der Waals surface area contributed by atoms with Crippen LogP contribution < -0.4 is 5.32 Å². The molecule has 5 heteroatoms. The highest BCUT2D eigenvalue weighted by atomic mass is 19.1. The second-order valence-electron chi connectivity index (χ2n) is 5.95. The summed E-state index contributed by atoms with van der Waals surface area (Å²) in [7, 11) is 0. The quantitative estimate of drug-likeness (QED) is 0.867. The number of nitrogens with zero attached hydrogens (tertiary/aromatic N) is 1. The minimum atomic E-state index is -0.695. The highest BCUT2D eigenvalue weighted by Crippen LogP contribution is 2.14. The van der Waals surface area contributed by atoms with E-state index in [-0.39, 0.29) is 11.6 Å². The molecule has 1 saturated heterocycles. The monoisotopic (exact) mass is 308 g/mol. The van der Waals surface area contributed by atoms with Crippen molar-refractivity contribution in [2.75, 3.05) is 19.6 Å². The number of amides is 1. The normalized spacial score (nSPS) is 16.4. The molecular weight excluding hydrogens is 286 g/mol. The Morgan fingerprint density at radius 3 is 2.64 bits per heavy atom. The van der Waals surface area contributed by atoms with Gasteiger partial charge in [-0.25, -0.2) is 8.78 Å². The Kier molecular flexibility index (Phi) is 5.66. The van der Waals surface area contributed by atoms with Crippen molar-refractivity contribution in [1.82, 2.24) is 10.2 Å². The number of rotatable bonds is 4. The van der Waals surface area contributed by atoms with Crippen molar-refractivity contribution >= 4 is 5.91 Å². The molecule has 1 fully saturated rings. The van der Waals surface area contributed by atoms with Gasteiger partial charge in [0.25, 0.3) is 5.91 Å². The van der Waals surface area contributed by atoms with Gasteiger partial charge in [-0.15, -0.1) is 0 Å². The van der Waals surface area contributed by atoms with E-state index >= 15 is 0 Å². The van der Waals surface area contributed by atoms with E-state index < -0.39 is 17.5 Å². The first-order chi connectivity index (χ1) is 10.5. The first kappa shape index (κ1) is 16.6. The zero-order valence-electron chi connectivity index (χ0n) is 13.0. The van der Waals surface area contributed by atoms with Gasteiger partial charge >= 0.3 is 0 Å². The lowest BCUT2D eigenvalue weighted by Gasteiger charge is -2.31. The van der Waals surface area contributed by atoms with Crippen LogP contribution in [-0.4, -0.2) is 36.5 Å². The first-order valence-corrected chi connectivity index (χ1v) is 7.57. The average Bonchev–Trinajstić information content (AvgIpc) is 2.49. The average molecular weight is 308 g/mol. The van der Waals surface area contributed by atoms with Crippen LogP contribution in [-0.2, 0) is 0 Å². The van der Waals surface area contributed by atoms with Crippen molar-refractivity contribution in [3.63, 3.8) is 0 Å². The minimum absolute atomic E-state index is 0.0121. The van der Waals surface area contributed by atoms with Gasteiger partial charge in [0.1, 0.15) is 11.6 Å². The summed E-state index contributed by atoms with van der Waals surface area (Å²) < 4.78 is 26.7. The number of piperidine rings is 1. The van der Waals surface area contributed by atoms with Crippen LogP contribution in [0.3, 0.4) is 0 Å². The highest BCUT2D eigenvalue weighted by molar-refractivity contribution is 5.94. The molecule has 1 aliphatic heterocycles. The molecule has 1 aromatic rings. The maximum absolute atomic E-state index is 13.6. The Balaban J connectivity index is 1.86. The molecule has 1 aromatic carbocycles. The van der Waals surface area contributed by atoms with E-state index in [2.05, 4.69) is 30.1 Å². The Hall–Kier alpha value is -1.75. The minimum Gasteiger partial charge on any atom is -0.349 e. The molecule has 1 amide bonds. The lowest BCUT2D eigenvalue weighted by atomic mass is 10.0. The van der Waals surface area contributed by atoms with Crippen LogP contribution in [0.15, 0.2) is 29.8 Å². The second kappa shape index (κ2) is 7.49. The topological polar surface area (TPSA) is 32.3 Å². The van der Waals surface area contributed by atoms with Crippen molar-refractivity contribution in [2.24, 2.45) is 0 Å². The molecule has 1 heterocycles. The fraction of sp³-hybridized carbons (Fsp3) is 0.471. The Labute approximate surface area is 130 Å². The van der Waals surface area contributed by atoms with E-state index in [1.54, 1.807) is 0 Å². The van der Waals surface area contributed by atoms with Gasteiger partial charge in [-0.1, -0.05) is 11.6 Å². The van der Waals surface area contributed by atoms with Gasteiger partial charge in [-0.3, -0.25) is 9.69 Å². The van der Waals surface area contributed by atoms with E-state index in [4.69, 9.17) is 0 Å². The number of likely N-dealkylation sites (tertiary alicyclic amines) is 1. The van der Waals surface area contributed by atoms with Gasteiger partial charge in [0.2, 0.25) is 0 Å². The summed E-state index contributed by atoms with van der Waals surface area (Å²) in [6.07, 6.45) is 3.82. The van der Waals surface area contributed by atoms with Crippen LogP contribution in [0.4, 0.5) is 8.78 Å². The molecule has 0 aliphatic carbocycles. The first-order valence-electron chi connectivity index (χ1n) is 7.57. The Morgan fingerprint density at radius 2 is 2.00 bits per heavy atom. The lowest BCUT2D eigenvalue weighted by molar-refractivity contribution is 0.0909. The largest absolute Gasteiger partial charge is 0.349 e. The molecule has 0 spiro atoms. The van der Waals surface area contributed by atoms with Crippen LogP contribution >= 0.6 is 0 Å². The summed E-state index contributed by atoms with van der Waals surface area (Å²) in [6.45, 7) is 6.84. The van der Waals surface area contributed by atoms with Gasteiger partial charge in [0.05, 0.1) is 5.56 Å². The van der Waals surface area contributed by atoms with Crippen molar-refractivity contribution in [1.29, 1.82) is 0 Å². The van der Waals surface area contributed by atoms with Crippen molar-refractivity contribution in [2.45, 2.75) is 32.7 Å². The number of benzene rings is 1. The summed E-state index contributed by atoms with van der Waals surface area (Å²) in [5.74, 6) is -1.84. The molecule has 0 unspecified atom stereocenters. The van der Waals surface area contributed by atoms with E-state index in [0.717, 1.165) is 50.7 Å². The van der Waals surface area contributed by atoms with Crippen LogP contribution in [0, 0.1) is 11.6 Å². The molecule has 0 atom stereocenters. The fourth-order valence-corrected chi connectivity index (χ4v) is 2.51. The molecule has 120 valence electrons. The summed E-state index contributed by atoms with van der Waals surface area (Å²) in [6, 6.07) is 2.94. The molecule has 2 rings (SSSR count). The van der Waals surface area contributed by atoms with Crippen molar-refractivity contribution < 1.29 is 13.6 Å². The van der Waals surface area contributed by atoms with Gasteiger partial charge < -0.3 is 5.32 Å². The summed E-state index contributed by atoms with van der Waals surface area (Å²) in [5, 5.41) is 2.80. The van der Waals surface area contributed by atoms with Gasteiger partial charge in [0.15, 0.2) is 0 Å². The number of hydrogen-bond donors (Lipinski definition) is 1. The zero-order valence-corrected chi connectivity index (χ0v) is 13.0. The highest BCUT2D eigenvalue weighted by Gasteiger charge is 2.22. The molecule has 0 saturated carbocycles. The number of allylic oxidation sites excluding steroid dienone is 1. The molecule has 1 N–H and O–H groups in total. The Bertz CT molecular complexity index is 560. The third kappa shape index (κ3) is 4.63. The lowest BCUT2D eigenvalue weighted by Crippen LogP contribution is -2.44. The summed E-state index contributed by atoms with van der Waals surface area (Å²) >= 11 is 0. The van der Waals surface area contributed by atoms with Crippen molar-refractivity contribution in [3.05, 3.63) is 47.0 Å². The molecule has 1 aliphatic rings. The van der Waals surface area contributed by atoms with E-state index in [1.807, 2.05) is 0 Å². The number of carbonyl (C=O) groups excluding carboxylic acids is 1. The van der Waals surface area contributed by atoms with E-state index in [9.17, 15) is 13.6 Å². The van der Waals surface area contributed by atoms with Gasteiger partial charge in [0, 0.05) is 25.7 Å². The van der Waals surface area contributed by atoms with Crippen molar-refractivity contribution in [3.8, 4) is 0 Å². The number of nitrogens with one attached hydrogen (secondary N) is 1. The predicted molar refractivity (Wildman–Crippen MR) is 82.7 cm³/mol. The van der Waals surface area contributed by atoms with E-state index in [0.29, 0.717) is 0 Å². The summed E-state index contributed by atoms with van der Waals surface area (Å²) in [5.41, 5.74) is 1.06. The van der Waals surface area contributed by atoms with Crippen LogP contribution in [0.5, 0.6) is 0 Å². The molecule has 3 nitrogen and oxygen atoms in total. The van der Waals surface area contributed by atoms with E-state index in [1.165, 1.54) is 5.57 Å². The maximum atomic E-state index is 13.6. The SMILES string of the molecule is CC(C)=CCN1CCC(NC(=O)c2cc(F)ccc2F)CC1. The summed E-state index contributed by atoms with van der Waals surface area (Å²) in [4.78, 5) is 14.4. The molecule has 0 aromatic heterocycles. The fourth-order valence-electron chi connectivity index (χ4n) is 2.51. The zero-order chi connectivity index (χ0) is 16.1. The number of hydrogen-bond acceptors (Lipinski definition) is 2. The van der Waals surface area contributed by atoms with Crippen LogP contribution in [0.25, 0.3) is 0 Å². The maximum Gasteiger partial charge on any atom is 0.254 e. The molecular formula is C17H22F2N2O. The molecule has 0 radical (unpaired) electrons. The van der Waals surface area contributed by atoms with Crippen LogP contribution in [0.1, 0.15) is 37.0 Å².